The first-order valence-electron chi connectivity index (χ1n) is 8.82. The van der Waals surface area contributed by atoms with Gasteiger partial charge in [-0.1, -0.05) is 33.3 Å². The van der Waals surface area contributed by atoms with Gasteiger partial charge in [0.1, 0.15) is 4.88 Å². The van der Waals surface area contributed by atoms with Crippen LogP contribution in [0.3, 0.4) is 0 Å². The Labute approximate surface area is 153 Å². The summed E-state index contributed by atoms with van der Waals surface area (Å²) in [5.41, 5.74) is 1.68. The van der Waals surface area contributed by atoms with Crippen molar-refractivity contribution >= 4 is 17.2 Å². The molecule has 2 aromatic rings. The van der Waals surface area contributed by atoms with E-state index >= 15 is 0 Å². The van der Waals surface area contributed by atoms with Crippen LogP contribution in [0.5, 0.6) is 5.88 Å². The molecule has 0 unspecified atom stereocenters. The Morgan fingerprint density at radius 3 is 2.92 bits per heavy atom. The summed E-state index contributed by atoms with van der Waals surface area (Å²) in [6, 6.07) is 3.78. The topological polar surface area (TPSA) is 64.1 Å². The third kappa shape index (κ3) is 5.81. The highest BCUT2D eigenvalue weighted by Crippen LogP contribution is 2.21. The van der Waals surface area contributed by atoms with E-state index in [0.717, 1.165) is 35.5 Å². The zero-order valence-electron chi connectivity index (χ0n) is 15.5. The van der Waals surface area contributed by atoms with Crippen molar-refractivity contribution in [2.75, 3.05) is 6.61 Å². The smallest absolute Gasteiger partial charge is 0.263 e. The minimum absolute atomic E-state index is 0.0895. The Balaban J connectivity index is 1.99. The molecule has 136 valence electrons. The highest BCUT2D eigenvalue weighted by molar-refractivity contribution is 7.13. The predicted octanol–water partition coefficient (Wildman–Crippen LogP) is 4.15. The second-order valence-corrected chi connectivity index (χ2v) is 7.56. The summed E-state index contributed by atoms with van der Waals surface area (Å²) >= 11 is 1.48. The van der Waals surface area contributed by atoms with Gasteiger partial charge in [-0.2, -0.15) is 0 Å². The maximum atomic E-state index is 12.5. The molecule has 0 aliphatic rings. The Kier molecular flexibility index (Phi) is 7.37. The quantitative estimate of drug-likeness (QED) is 0.681. The molecule has 0 atom stereocenters. The van der Waals surface area contributed by atoms with Crippen molar-refractivity contribution in [3.8, 4) is 5.88 Å². The number of unbranched alkanes of at least 4 members (excludes halogenated alkanes) is 1. The third-order valence-electron chi connectivity index (χ3n) is 3.66. The van der Waals surface area contributed by atoms with Gasteiger partial charge in [0, 0.05) is 24.7 Å². The molecule has 0 radical (unpaired) electrons. The van der Waals surface area contributed by atoms with Crippen LogP contribution in [0, 0.1) is 12.8 Å². The molecule has 2 aromatic heterocycles. The Hall–Kier alpha value is -1.95. The van der Waals surface area contributed by atoms with Crippen molar-refractivity contribution in [3.05, 3.63) is 39.5 Å². The van der Waals surface area contributed by atoms with Gasteiger partial charge in [-0.25, -0.2) is 9.97 Å². The molecular weight excluding hydrogens is 334 g/mol. The molecule has 1 amide bonds. The van der Waals surface area contributed by atoms with E-state index in [9.17, 15) is 4.79 Å². The fraction of sp³-hybridized carbons (Fsp3) is 0.526. The first kappa shape index (κ1) is 19.4. The highest BCUT2D eigenvalue weighted by atomic mass is 32.1. The summed E-state index contributed by atoms with van der Waals surface area (Å²) in [6.07, 6.45) is 4.66. The minimum Gasteiger partial charge on any atom is -0.477 e. The molecule has 6 heteroatoms. The van der Waals surface area contributed by atoms with E-state index in [2.05, 4.69) is 36.1 Å². The van der Waals surface area contributed by atoms with Gasteiger partial charge < -0.3 is 10.1 Å². The zero-order chi connectivity index (χ0) is 18.2. The lowest BCUT2D eigenvalue weighted by Crippen LogP contribution is -2.23. The number of carbonyl (C=O) groups is 1. The van der Waals surface area contributed by atoms with Crippen molar-refractivity contribution in [2.24, 2.45) is 5.92 Å². The number of nitrogens with one attached hydrogen (secondary N) is 1. The second kappa shape index (κ2) is 9.51. The molecule has 0 aliphatic carbocycles. The highest BCUT2D eigenvalue weighted by Gasteiger charge is 2.16. The number of hydrogen-bond donors (Lipinski definition) is 1. The number of aromatic nitrogens is 2. The van der Waals surface area contributed by atoms with Gasteiger partial charge in [0.25, 0.3) is 5.91 Å². The Bertz CT molecular complexity index is 698. The molecule has 0 saturated heterocycles. The van der Waals surface area contributed by atoms with Crippen LogP contribution in [0.1, 0.15) is 59.5 Å². The van der Waals surface area contributed by atoms with Gasteiger partial charge in [-0.3, -0.25) is 4.79 Å². The maximum absolute atomic E-state index is 12.5. The molecule has 0 saturated carbocycles. The van der Waals surface area contributed by atoms with Gasteiger partial charge in [0.15, 0.2) is 0 Å². The molecule has 0 spiro atoms. The average Bonchev–Trinajstić information content (AvgIpc) is 2.93. The molecule has 0 bridgehead atoms. The number of carbonyl (C=O) groups excluding carboxylic acids is 1. The van der Waals surface area contributed by atoms with Crippen LogP contribution >= 0.6 is 11.3 Å². The molecule has 0 aliphatic heterocycles. The van der Waals surface area contributed by atoms with Crippen LogP contribution in [0.25, 0.3) is 0 Å². The largest absolute Gasteiger partial charge is 0.477 e. The Morgan fingerprint density at radius 2 is 2.20 bits per heavy atom. The van der Waals surface area contributed by atoms with Crippen LogP contribution in [0.2, 0.25) is 0 Å². The van der Waals surface area contributed by atoms with E-state index in [-0.39, 0.29) is 5.91 Å². The Morgan fingerprint density at radius 1 is 1.40 bits per heavy atom. The van der Waals surface area contributed by atoms with E-state index in [1.54, 1.807) is 6.20 Å². The monoisotopic (exact) mass is 361 g/mol. The molecule has 1 N–H and O–H groups in total. The van der Waals surface area contributed by atoms with Crippen LogP contribution < -0.4 is 10.1 Å². The van der Waals surface area contributed by atoms with Crippen LogP contribution in [-0.4, -0.2) is 22.5 Å². The molecular formula is C19H27N3O2S. The maximum Gasteiger partial charge on any atom is 0.263 e. The molecule has 25 heavy (non-hydrogen) atoms. The van der Waals surface area contributed by atoms with Crippen molar-refractivity contribution in [2.45, 2.75) is 53.5 Å². The molecule has 0 fully saturated rings. The summed E-state index contributed by atoms with van der Waals surface area (Å²) < 4.78 is 5.71. The molecule has 5 nitrogen and oxygen atoms in total. The van der Waals surface area contributed by atoms with Gasteiger partial charge in [-0.15, -0.1) is 11.3 Å². The molecule has 2 rings (SSSR count). The molecule has 2 heterocycles. The minimum atomic E-state index is -0.0895. The summed E-state index contributed by atoms with van der Waals surface area (Å²) in [5, 5.41) is 3.98. The lowest BCUT2D eigenvalue weighted by atomic mass is 10.1. The first-order chi connectivity index (χ1) is 12.0. The number of hydrogen-bond acceptors (Lipinski definition) is 5. The van der Waals surface area contributed by atoms with Gasteiger partial charge in [-0.05, 0) is 25.3 Å². The first-order valence-corrected chi connectivity index (χ1v) is 9.64. The van der Waals surface area contributed by atoms with E-state index in [1.807, 2.05) is 19.1 Å². The number of pyridine rings is 1. The fourth-order valence-electron chi connectivity index (χ4n) is 2.36. The average molecular weight is 362 g/mol. The summed E-state index contributed by atoms with van der Waals surface area (Å²) in [5.74, 6) is 1.03. The predicted molar refractivity (Wildman–Crippen MR) is 101 cm³/mol. The van der Waals surface area contributed by atoms with Crippen molar-refractivity contribution in [3.63, 3.8) is 0 Å². The van der Waals surface area contributed by atoms with Crippen molar-refractivity contribution in [1.82, 2.24) is 15.3 Å². The van der Waals surface area contributed by atoms with Crippen LogP contribution in [-0.2, 0) is 13.0 Å². The van der Waals surface area contributed by atoms with E-state index in [1.165, 1.54) is 11.3 Å². The zero-order valence-corrected chi connectivity index (χ0v) is 16.3. The van der Waals surface area contributed by atoms with Crippen LogP contribution in [0.4, 0.5) is 0 Å². The summed E-state index contributed by atoms with van der Waals surface area (Å²) in [6.45, 7) is 9.34. The summed E-state index contributed by atoms with van der Waals surface area (Å²) in [4.78, 5) is 22.0. The SMILES string of the molecule is CCCCOc1ncccc1CNC(=O)c1sc(CC(C)C)nc1C. The van der Waals surface area contributed by atoms with E-state index in [4.69, 9.17) is 4.74 Å². The third-order valence-corrected chi connectivity index (χ3v) is 4.83. The van der Waals surface area contributed by atoms with Gasteiger partial charge in [0.2, 0.25) is 5.88 Å². The molecule has 0 aromatic carbocycles. The fourth-order valence-corrected chi connectivity index (χ4v) is 3.55. The lowest BCUT2D eigenvalue weighted by molar-refractivity contribution is 0.0954. The second-order valence-electron chi connectivity index (χ2n) is 6.47. The van der Waals surface area contributed by atoms with Crippen molar-refractivity contribution < 1.29 is 9.53 Å². The van der Waals surface area contributed by atoms with Gasteiger partial charge in [0.05, 0.1) is 17.3 Å². The van der Waals surface area contributed by atoms with E-state index < -0.39 is 0 Å². The van der Waals surface area contributed by atoms with Crippen LogP contribution in [0.15, 0.2) is 18.3 Å². The lowest BCUT2D eigenvalue weighted by Gasteiger charge is -2.10. The number of rotatable bonds is 9. The number of amides is 1. The summed E-state index contributed by atoms with van der Waals surface area (Å²) in [7, 11) is 0. The number of thiazole rings is 1. The van der Waals surface area contributed by atoms with Crippen molar-refractivity contribution in [1.29, 1.82) is 0 Å². The number of aryl methyl sites for hydroxylation is 1. The van der Waals surface area contributed by atoms with E-state index in [0.29, 0.717) is 29.8 Å². The van der Waals surface area contributed by atoms with Gasteiger partial charge >= 0.3 is 0 Å². The number of nitrogens with zero attached hydrogens (tertiary/aromatic N) is 2. The number of ether oxygens (including phenoxy) is 1. The normalized spacial score (nSPS) is 10.9. The standard InChI is InChI=1S/C19H27N3O2S/c1-5-6-10-24-19-15(8-7-9-20-19)12-21-18(23)17-14(4)22-16(25-17)11-13(2)3/h7-9,13H,5-6,10-12H2,1-4H3,(H,21,23).